The molecule has 2 saturated heterocycles. The fourth-order valence-electron chi connectivity index (χ4n) is 2.94. The summed E-state index contributed by atoms with van der Waals surface area (Å²) >= 11 is 0. The molecule has 0 saturated carbocycles. The Labute approximate surface area is 97.7 Å². The number of piperidine rings is 1. The van der Waals surface area contributed by atoms with E-state index < -0.39 is 11.1 Å². The Morgan fingerprint density at radius 3 is 2.25 bits per heavy atom. The van der Waals surface area contributed by atoms with Gasteiger partial charge in [-0.2, -0.15) is 0 Å². The Balaban J connectivity index is 2.01. The van der Waals surface area contributed by atoms with Gasteiger partial charge in [-0.05, 0) is 32.2 Å². The van der Waals surface area contributed by atoms with Crippen LogP contribution in [0.4, 0.5) is 0 Å². The lowest BCUT2D eigenvalue weighted by Crippen LogP contribution is -2.66. The minimum Gasteiger partial charge on any atom is -0.388 e. The quantitative estimate of drug-likeness (QED) is 0.715. The van der Waals surface area contributed by atoms with Crippen LogP contribution in [0, 0.1) is 0 Å². The molecule has 4 nitrogen and oxygen atoms in total. The van der Waals surface area contributed by atoms with E-state index in [0.717, 1.165) is 45.3 Å². The largest absolute Gasteiger partial charge is 0.388 e. The fraction of sp³-hybridized carbons (Fsp3) is 1.00. The lowest BCUT2D eigenvalue weighted by Gasteiger charge is -2.50. The maximum Gasteiger partial charge on any atom is 0.0852 e. The lowest BCUT2D eigenvalue weighted by molar-refractivity contribution is -0.112. The minimum absolute atomic E-state index is 0.426. The number of rotatable bonds is 2. The Hall–Kier alpha value is -0.160. The van der Waals surface area contributed by atoms with E-state index in [0.29, 0.717) is 13.2 Å². The molecule has 3 N–H and O–H groups in total. The van der Waals surface area contributed by atoms with E-state index in [1.165, 1.54) is 0 Å². The normalized spacial score (nSPS) is 30.2. The lowest BCUT2D eigenvalue weighted by atomic mass is 9.70. The van der Waals surface area contributed by atoms with Gasteiger partial charge in [0.2, 0.25) is 0 Å². The number of likely N-dealkylation sites (tertiary alicyclic amines) is 1. The average molecular weight is 228 g/mol. The third kappa shape index (κ3) is 2.12. The molecule has 16 heavy (non-hydrogen) atoms. The molecule has 2 aliphatic rings. The highest BCUT2D eigenvalue weighted by Gasteiger charge is 2.49. The summed E-state index contributed by atoms with van der Waals surface area (Å²) in [7, 11) is 0. The SMILES string of the molecule is CCN1CCC(O)(C2(N)CCOCC2)CC1. The van der Waals surface area contributed by atoms with Gasteiger partial charge in [0.05, 0.1) is 5.60 Å². The van der Waals surface area contributed by atoms with E-state index in [9.17, 15) is 5.11 Å². The van der Waals surface area contributed by atoms with Crippen LogP contribution in [0.5, 0.6) is 0 Å². The van der Waals surface area contributed by atoms with Crippen molar-refractivity contribution in [2.45, 2.75) is 43.7 Å². The van der Waals surface area contributed by atoms with Gasteiger partial charge in [-0.25, -0.2) is 0 Å². The highest BCUT2D eigenvalue weighted by atomic mass is 16.5. The van der Waals surface area contributed by atoms with Gasteiger partial charge in [-0.15, -0.1) is 0 Å². The van der Waals surface area contributed by atoms with Crippen molar-refractivity contribution >= 4 is 0 Å². The van der Waals surface area contributed by atoms with Crippen LogP contribution in [0.15, 0.2) is 0 Å². The van der Waals surface area contributed by atoms with Crippen LogP contribution in [-0.2, 0) is 4.74 Å². The molecule has 0 atom stereocenters. The topological polar surface area (TPSA) is 58.7 Å². The van der Waals surface area contributed by atoms with Crippen molar-refractivity contribution in [3.63, 3.8) is 0 Å². The summed E-state index contributed by atoms with van der Waals surface area (Å²) < 4.78 is 5.34. The molecule has 2 fully saturated rings. The molecule has 0 amide bonds. The molecular weight excluding hydrogens is 204 g/mol. The Morgan fingerprint density at radius 2 is 1.75 bits per heavy atom. The highest BCUT2D eigenvalue weighted by Crippen LogP contribution is 2.37. The van der Waals surface area contributed by atoms with E-state index in [-0.39, 0.29) is 0 Å². The summed E-state index contributed by atoms with van der Waals surface area (Å²) in [6.07, 6.45) is 3.18. The molecule has 0 spiro atoms. The van der Waals surface area contributed by atoms with Gasteiger partial charge in [-0.1, -0.05) is 6.92 Å². The molecule has 0 aromatic rings. The van der Waals surface area contributed by atoms with Gasteiger partial charge in [0.15, 0.2) is 0 Å². The number of aliphatic hydroxyl groups is 1. The molecular formula is C12H24N2O2. The van der Waals surface area contributed by atoms with Gasteiger partial charge >= 0.3 is 0 Å². The summed E-state index contributed by atoms with van der Waals surface area (Å²) in [5.74, 6) is 0. The van der Waals surface area contributed by atoms with Crippen LogP contribution >= 0.6 is 0 Å². The first-order chi connectivity index (χ1) is 7.60. The second kappa shape index (κ2) is 4.61. The molecule has 0 aromatic heterocycles. The van der Waals surface area contributed by atoms with Gasteiger partial charge in [0, 0.05) is 31.8 Å². The van der Waals surface area contributed by atoms with Crippen LogP contribution in [0.25, 0.3) is 0 Å². The highest BCUT2D eigenvalue weighted by molar-refractivity contribution is 5.06. The van der Waals surface area contributed by atoms with Gasteiger partial charge < -0.3 is 20.5 Å². The predicted molar refractivity (Wildman–Crippen MR) is 63.3 cm³/mol. The molecule has 0 aromatic carbocycles. The fourth-order valence-corrected chi connectivity index (χ4v) is 2.94. The van der Waals surface area contributed by atoms with E-state index in [1.807, 2.05) is 0 Å². The van der Waals surface area contributed by atoms with Gasteiger partial charge in [0.25, 0.3) is 0 Å². The molecule has 2 heterocycles. The van der Waals surface area contributed by atoms with E-state index >= 15 is 0 Å². The van der Waals surface area contributed by atoms with Crippen molar-refractivity contribution in [1.82, 2.24) is 4.90 Å². The second-order valence-electron chi connectivity index (χ2n) is 5.23. The van der Waals surface area contributed by atoms with E-state index in [1.54, 1.807) is 0 Å². The molecule has 4 heteroatoms. The average Bonchev–Trinajstić information content (AvgIpc) is 2.31. The van der Waals surface area contributed by atoms with Crippen LogP contribution in [-0.4, -0.2) is 54.0 Å². The molecule has 2 rings (SSSR count). The summed E-state index contributed by atoms with van der Waals surface area (Å²) in [5.41, 5.74) is 5.30. The van der Waals surface area contributed by atoms with Crippen LogP contribution in [0.2, 0.25) is 0 Å². The summed E-state index contributed by atoms with van der Waals surface area (Å²) in [5, 5.41) is 10.8. The maximum absolute atomic E-state index is 10.8. The number of hydrogen-bond donors (Lipinski definition) is 2. The van der Waals surface area contributed by atoms with Crippen LogP contribution in [0.1, 0.15) is 32.6 Å². The smallest absolute Gasteiger partial charge is 0.0852 e. The molecule has 2 aliphatic heterocycles. The third-order valence-corrected chi connectivity index (χ3v) is 4.44. The number of nitrogens with two attached hydrogens (primary N) is 1. The standard InChI is InChI=1S/C12H24N2O2/c1-2-14-7-3-12(15,4-8-14)11(13)5-9-16-10-6-11/h15H,2-10,13H2,1H3. The van der Waals surface area contributed by atoms with Crippen LogP contribution < -0.4 is 5.73 Å². The van der Waals surface area contributed by atoms with Crippen molar-refractivity contribution in [3.05, 3.63) is 0 Å². The van der Waals surface area contributed by atoms with Gasteiger partial charge in [-0.3, -0.25) is 0 Å². The Bertz CT molecular complexity index is 231. The van der Waals surface area contributed by atoms with Crippen molar-refractivity contribution in [2.75, 3.05) is 32.8 Å². The van der Waals surface area contributed by atoms with Crippen molar-refractivity contribution in [2.24, 2.45) is 5.73 Å². The van der Waals surface area contributed by atoms with E-state index in [4.69, 9.17) is 10.5 Å². The molecule has 0 aliphatic carbocycles. The molecule has 0 unspecified atom stereocenters. The molecule has 94 valence electrons. The second-order valence-corrected chi connectivity index (χ2v) is 5.23. The maximum atomic E-state index is 10.8. The summed E-state index contributed by atoms with van der Waals surface area (Å²) in [6, 6.07) is 0. The zero-order valence-electron chi connectivity index (χ0n) is 10.2. The summed E-state index contributed by atoms with van der Waals surface area (Å²) in [6.45, 7) is 6.54. The number of ether oxygens (including phenoxy) is 1. The predicted octanol–water partition coefficient (Wildman–Crippen LogP) is 0.341. The number of nitrogens with zero attached hydrogens (tertiary/aromatic N) is 1. The van der Waals surface area contributed by atoms with Crippen LogP contribution in [0.3, 0.4) is 0 Å². The summed E-state index contributed by atoms with van der Waals surface area (Å²) in [4.78, 5) is 2.37. The number of hydrogen-bond acceptors (Lipinski definition) is 4. The molecule has 0 bridgehead atoms. The zero-order chi connectivity index (χ0) is 11.6. The third-order valence-electron chi connectivity index (χ3n) is 4.44. The first-order valence-corrected chi connectivity index (χ1v) is 6.41. The first-order valence-electron chi connectivity index (χ1n) is 6.41. The van der Waals surface area contributed by atoms with Crippen molar-refractivity contribution in [1.29, 1.82) is 0 Å². The molecule has 0 radical (unpaired) electrons. The minimum atomic E-state index is -0.678. The van der Waals surface area contributed by atoms with Crippen molar-refractivity contribution < 1.29 is 9.84 Å². The Morgan fingerprint density at radius 1 is 1.19 bits per heavy atom. The van der Waals surface area contributed by atoms with Crippen molar-refractivity contribution in [3.8, 4) is 0 Å². The Kier molecular flexibility index (Phi) is 3.54. The monoisotopic (exact) mass is 228 g/mol. The zero-order valence-corrected chi connectivity index (χ0v) is 10.2. The first kappa shape index (κ1) is 12.3. The van der Waals surface area contributed by atoms with E-state index in [2.05, 4.69) is 11.8 Å². The van der Waals surface area contributed by atoms with Gasteiger partial charge in [0.1, 0.15) is 0 Å².